The smallest absolute Gasteiger partial charge is 0.263 e. The number of rotatable bonds is 3. The van der Waals surface area contributed by atoms with Gasteiger partial charge in [-0.15, -0.1) is 0 Å². The van der Waals surface area contributed by atoms with Gasteiger partial charge in [-0.05, 0) is 42.8 Å². The maximum atomic E-state index is 13.2. The molecule has 0 radical (unpaired) electrons. The molecule has 0 saturated carbocycles. The minimum Gasteiger partial charge on any atom is -0.399 e. The third-order valence-corrected chi connectivity index (χ3v) is 4.54. The quantitative estimate of drug-likeness (QED) is 0.855. The van der Waals surface area contributed by atoms with E-state index in [4.69, 9.17) is 17.3 Å². The molecule has 106 valence electrons. The fourth-order valence-electron chi connectivity index (χ4n) is 1.64. The summed E-state index contributed by atoms with van der Waals surface area (Å²) in [5.74, 6) is -0.531. The average Bonchev–Trinajstić information content (AvgIpc) is 2.33. The lowest BCUT2D eigenvalue weighted by Crippen LogP contribution is -2.14. The molecule has 2 aromatic rings. The standard InChI is InChI=1S/C13H12ClFN2O2S/c1-8-2-3-9(15)6-12(8)17-20(18,19)13-5-4-10(16)7-11(13)14/h2-7,17H,16H2,1H3. The number of anilines is 2. The number of hydrogen-bond donors (Lipinski definition) is 2. The summed E-state index contributed by atoms with van der Waals surface area (Å²) in [7, 11) is -3.90. The van der Waals surface area contributed by atoms with Crippen LogP contribution in [0.4, 0.5) is 15.8 Å². The summed E-state index contributed by atoms with van der Waals surface area (Å²) in [6.45, 7) is 1.67. The second kappa shape index (κ2) is 5.30. The molecule has 0 aliphatic carbocycles. The summed E-state index contributed by atoms with van der Waals surface area (Å²) in [6, 6.07) is 7.92. The van der Waals surface area contributed by atoms with Crippen LogP contribution >= 0.6 is 11.6 Å². The Morgan fingerprint density at radius 2 is 1.90 bits per heavy atom. The van der Waals surface area contributed by atoms with Crippen molar-refractivity contribution in [2.45, 2.75) is 11.8 Å². The normalized spacial score (nSPS) is 11.3. The van der Waals surface area contributed by atoms with Gasteiger partial charge < -0.3 is 5.73 Å². The van der Waals surface area contributed by atoms with E-state index in [9.17, 15) is 12.8 Å². The van der Waals surface area contributed by atoms with Gasteiger partial charge in [0.2, 0.25) is 0 Å². The summed E-state index contributed by atoms with van der Waals surface area (Å²) < 4.78 is 40.0. The number of halogens is 2. The molecule has 0 heterocycles. The van der Waals surface area contributed by atoms with Gasteiger partial charge in [-0.25, -0.2) is 12.8 Å². The average molecular weight is 315 g/mol. The number of nitrogens with two attached hydrogens (primary N) is 1. The molecule has 4 nitrogen and oxygen atoms in total. The van der Waals surface area contributed by atoms with Crippen molar-refractivity contribution in [2.75, 3.05) is 10.5 Å². The molecule has 0 fully saturated rings. The van der Waals surface area contributed by atoms with E-state index < -0.39 is 15.8 Å². The highest BCUT2D eigenvalue weighted by Gasteiger charge is 2.19. The Bertz CT molecular complexity index is 763. The van der Waals surface area contributed by atoms with E-state index in [0.29, 0.717) is 11.3 Å². The van der Waals surface area contributed by atoms with E-state index in [1.54, 1.807) is 6.92 Å². The summed E-state index contributed by atoms with van der Waals surface area (Å²) in [6.07, 6.45) is 0. The molecular formula is C13H12ClFN2O2S. The van der Waals surface area contributed by atoms with Crippen molar-refractivity contribution in [1.29, 1.82) is 0 Å². The summed E-state index contributed by atoms with van der Waals surface area (Å²) in [5, 5.41) is 0.00607. The first kappa shape index (κ1) is 14.6. The zero-order chi connectivity index (χ0) is 14.9. The lowest BCUT2D eigenvalue weighted by atomic mass is 10.2. The van der Waals surface area contributed by atoms with Crippen molar-refractivity contribution in [3.63, 3.8) is 0 Å². The fraction of sp³-hybridized carbons (Fsp3) is 0.0769. The van der Waals surface area contributed by atoms with Gasteiger partial charge >= 0.3 is 0 Å². The molecule has 2 rings (SSSR count). The number of hydrogen-bond acceptors (Lipinski definition) is 3. The highest BCUT2D eigenvalue weighted by Crippen LogP contribution is 2.27. The van der Waals surface area contributed by atoms with Gasteiger partial charge in [-0.1, -0.05) is 17.7 Å². The molecule has 0 saturated heterocycles. The SMILES string of the molecule is Cc1ccc(F)cc1NS(=O)(=O)c1ccc(N)cc1Cl. The molecular weight excluding hydrogens is 303 g/mol. The van der Waals surface area contributed by atoms with Crippen molar-refractivity contribution in [1.82, 2.24) is 0 Å². The van der Waals surface area contributed by atoms with Crippen LogP contribution in [0.15, 0.2) is 41.3 Å². The number of sulfonamides is 1. The van der Waals surface area contributed by atoms with Crippen LogP contribution in [0.5, 0.6) is 0 Å². The molecule has 0 aliphatic heterocycles. The predicted molar refractivity (Wildman–Crippen MR) is 77.8 cm³/mol. The molecule has 0 bridgehead atoms. The molecule has 0 amide bonds. The number of nitrogen functional groups attached to an aromatic ring is 1. The van der Waals surface area contributed by atoms with Gasteiger partial charge in [0.25, 0.3) is 10.0 Å². The van der Waals surface area contributed by atoms with E-state index in [1.165, 1.54) is 30.3 Å². The summed E-state index contributed by atoms with van der Waals surface area (Å²) >= 11 is 5.88. The van der Waals surface area contributed by atoms with Crippen molar-refractivity contribution < 1.29 is 12.8 Å². The van der Waals surface area contributed by atoms with Crippen molar-refractivity contribution in [2.24, 2.45) is 0 Å². The Balaban J connectivity index is 2.43. The van der Waals surface area contributed by atoms with E-state index in [2.05, 4.69) is 4.72 Å². The monoisotopic (exact) mass is 314 g/mol. The third kappa shape index (κ3) is 3.02. The van der Waals surface area contributed by atoms with Crippen LogP contribution in [0.1, 0.15) is 5.56 Å². The second-order valence-corrected chi connectivity index (χ2v) is 6.31. The Labute approximate surface area is 121 Å². The van der Waals surface area contributed by atoms with Crippen molar-refractivity contribution in [3.8, 4) is 0 Å². The number of nitrogens with one attached hydrogen (secondary N) is 1. The van der Waals surface area contributed by atoms with Crippen molar-refractivity contribution in [3.05, 3.63) is 52.8 Å². The van der Waals surface area contributed by atoms with Gasteiger partial charge in [-0.2, -0.15) is 0 Å². The Kier molecular flexibility index (Phi) is 3.87. The first-order valence-corrected chi connectivity index (χ1v) is 7.50. The molecule has 7 heteroatoms. The van der Waals surface area contributed by atoms with E-state index in [-0.39, 0.29) is 15.6 Å². The van der Waals surface area contributed by atoms with Gasteiger partial charge in [-0.3, -0.25) is 4.72 Å². The lowest BCUT2D eigenvalue weighted by Gasteiger charge is -2.12. The van der Waals surface area contributed by atoms with Crippen LogP contribution in [-0.2, 0) is 10.0 Å². The second-order valence-electron chi connectivity index (χ2n) is 4.25. The van der Waals surface area contributed by atoms with Crippen LogP contribution < -0.4 is 10.5 Å². The predicted octanol–water partition coefficient (Wildman–Crippen LogP) is 3.17. The highest BCUT2D eigenvalue weighted by atomic mass is 35.5. The molecule has 0 spiro atoms. The molecule has 0 atom stereocenters. The Hall–Kier alpha value is -1.79. The van der Waals surface area contributed by atoms with Crippen molar-refractivity contribution >= 4 is 33.0 Å². The molecule has 0 aliphatic rings. The van der Waals surface area contributed by atoms with Crippen LogP contribution in [0, 0.1) is 12.7 Å². The molecule has 2 aromatic carbocycles. The van der Waals surface area contributed by atoms with Gasteiger partial charge in [0.15, 0.2) is 0 Å². The highest BCUT2D eigenvalue weighted by molar-refractivity contribution is 7.92. The van der Waals surface area contributed by atoms with Crippen LogP contribution in [0.3, 0.4) is 0 Å². The van der Waals surface area contributed by atoms with E-state index in [1.807, 2.05) is 0 Å². The number of aryl methyl sites for hydroxylation is 1. The number of benzene rings is 2. The maximum absolute atomic E-state index is 13.2. The Morgan fingerprint density at radius 3 is 2.55 bits per heavy atom. The van der Waals surface area contributed by atoms with Gasteiger partial charge in [0.05, 0.1) is 10.7 Å². The minimum atomic E-state index is -3.90. The minimum absolute atomic E-state index is 0.00607. The van der Waals surface area contributed by atoms with Gasteiger partial charge in [0.1, 0.15) is 10.7 Å². The van der Waals surface area contributed by atoms with Crippen LogP contribution in [-0.4, -0.2) is 8.42 Å². The van der Waals surface area contributed by atoms with E-state index >= 15 is 0 Å². The van der Waals surface area contributed by atoms with E-state index in [0.717, 1.165) is 6.07 Å². The summed E-state index contributed by atoms with van der Waals surface area (Å²) in [5.41, 5.74) is 6.64. The fourth-order valence-corrected chi connectivity index (χ4v) is 3.31. The third-order valence-electron chi connectivity index (χ3n) is 2.69. The zero-order valence-electron chi connectivity index (χ0n) is 10.5. The topological polar surface area (TPSA) is 72.2 Å². The molecule has 3 N–H and O–H groups in total. The first-order valence-electron chi connectivity index (χ1n) is 5.63. The van der Waals surface area contributed by atoms with Crippen LogP contribution in [0.25, 0.3) is 0 Å². The summed E-state index contributed by atoms with van der Waals surface area (Å²) in [4.78, 5) is -0.114. The zero-order valence-corrected chi connectivity index (χ0v) is 12.1. The van der Waals surface area contributed by atoms with Gasteiger partial charge in [0, 0.05) is 5.69 Å². The first-order chi connectivity index (χ1) is 9.29. The lowest BCUT2D eigenvalue weighted by molar-refractivity contribution is 0.601. The largest absolute Gasteiger partial charge is 0.399 e. The van der Waals surface area contributed by atoms with Crippen LogP contribution in [0.2, 0.25) is 5.02 Å². The maximum Gasteiger partial charge on any atom is 0.263 e. The molecule has 20 heavy (non-hydrogen) atoms. The Morgan fingerprint density at radius 1 is 1.20 bits per heavy atom. The molecule has 0 aromatic heterocycles. The molecule has 0 unspecified atom stereocenters.